The minimum absolute atomic E-state index is 0.0914. The van der Waals surface area contributed by atoms with Crippen molar-refractivity contribution >= 4 is 68.0 Å². The maximum absolute atomic E-state index is 13.6. The van der Waals surface area contributed by atoms with Gasteiger partial charge < -0.3 is 15.4 Å². The zero-order chi connectivity index (χ0) is 26.7. The molecule has 0 fully saturated rings. The third-order valence-corrected chi connectivity index (χ3v) is 6.69. The van der Waals surface area contributed by atoms with Crippen LogP contribution >= 0.6 is 50.5 Å². The van der Waals surface area contributed by atoms with Crippen molar-refractivity contribution in [3.05, 3.63) is 79.1 Å². The second-order valence-corrected chi connectivity index (χ2v) is 11.6. The van der Waals surface area contributed by atoms with E-state index in [0.717, 1.165) is 0 Å². The van der Waals surface area contributed by atoms with Crippen molar-refractivity contribution in [3.63, 3.8) is 0 Å². The molecule has 2 amide bonds. The number of carbonyl (C=O) groups excluding carboxylic acids is 2. The summed E-state index contributed by atoms with van der Waals surface area (Å²) in [5.74, 6) is 0.0434. The van der Waals surface area contributed by atoms with Gasteiger partial charge in [0, 0.05) is 33.7 Å². The van der Waals surface area contributed by atoms with Gasteiger partial charge in [-0.3, -0.25) is 9.59 Å². The summed E-state index contributed by atoms with van der Waals surface area (Å²) in [6.07, 6.45) is 1.54. The van der Waals surface area contributed by atoms with Crippen molar-refractivity contribution in [2.45, 2.75) is 20.8 Å². The number of aromatic nitrogens is 3. The Labute approximate surface area is 236 Å². The van der Waals surface area contributed by atoms with Gasteiger partial charge in [0.15, 0.2) is 5.82 Å². The van der Waals surface area contributed by atoms with Gasteiger partial charge in [0.05, 0.1) is 16.3 Å². The molecule has 2 N–H and O–H groups in total. The second-order valence-electron chi connectivity index (χ2n) is 9.16. The number of carbonyl (C=O) groups is 2. The molecule has 0 aliphatic heterocycles. The highest BCUT2D eigenvalue weighted by Gasteiger charge is 2.24. The smallest absolute Gasteiger partial charge is 0.274 e. The molecule has 0 unspecified atom stereocenters. The molecule has 0 atom stereocenters. The summed E-state index contributed by atoms with van der Waals surface area (Å²) in [7, 11) is 0. The SMILES string of the molecule is CC(C)(C)CNC(=O)c1cc(Cl)cc(Br)c1NC(=O)c1cc(Oc2ccsc2)nn1-c1ncccc1Cl. The van der Waals surface area contributed by atoms with Gasteiger partial charge in [-0.05, 0) is 57.1 Å². The molecule has 0 bridgehead atoms. The minimum Gasteiger partial charge on any atom is -0.437 e. The largest absolute Gasteiger partial charge is 0.437 e. The van der Waals surface area contributed by atoms with Crippen LogP contribution in [0.5, 0.6) is 11.6 Å². The quantitative estimate of drug-likeness (QED) is 0.227. The maximum atomic E-state index is 13.6. The molecule has 4 rings (SSSR count). The Kier molecular flexibility index (Phi) is 8.23. The third kappa shape index (κ3) is 6.70. The molecule has 12 heteroatoms. The third-order valence-electron chi connectivity index (χ3n) is 4.89. The number of benzene rings is 1. The Bertz CT molecular complexity index is 1450. The first-order valence-electron chi connectivity index (χ1n) is 11.0. The van der Waals surface area contributed by atoms with Crippen LogP contribution in [0.15, 0.2) is 57.8 Å². The molecular weight excluding hydrogens is 601 g/mol. The van der Waals surface area contributed by atoms with Gasteiger partial charge in [0.1, 0.15) is 11.4 Å². The average Bonchev–Trinajstić information content (AvgIpc) is 3.49. The molecule has 0 radical (unpaired) electrons. The van der Waals surface area contributed by atoms with Crippen LogP contribution in [0.2, 0.25) is 10.0 Å². The predicted octanol–water partition coefficient (Wildman–Crippen LogP) is 7.22. The number of amides is 2. The van der Waals surface area contributed by atoms with E-state index in [1.807, 2.05) is 26.2 Å². The number of pyridine rings is 1. The number of rotatable bonds is 7. The zero-order valence-electron chi connectivity index (χ0n) is 20.0. The Balaban J connectivity index is 1.71. The van der Waals surface area contributed by atoms with Crippen LogP contribution in [0.3, 0.4) is 0 Å². The molecule has 3 aromatic heterocycles. The van der Waals surface area contributed by atoms with E-state index < -0.39 is 5.91 Å². The first-order chi connectivity index (χ1) is 17.5. The number of ether oxygens (including phenoxy) is 1. The van der Waals surface area contributed by atoms with Crippen LogP contribution < -0.4 is 15.4 Å². The lowest BCUT2D eigenvalue weighted by Crippen LogP contribution is -2.33. The van der Waals surface area contributed by atoms with Gasteiger partial charge in [-0.1, -0.05) is 44.0 Å². The molecule has 37 heavy (non-hydrogen) atoms. The summed E-state index contributed by atoms with van der Waals surface area (Å²) in [5, 5.41) is 14.4. The van der Waals surface area contributed by atoms with E-state index in [0.29, 0.717) is 21.8 Å². The molecule has 8 nitrogen and oxygen atoms in total. The van der Waals surface area contributed by atoms with E-state index in [1.54, 1.807) is 29.6 Å². The molecule has 192 valence electrons. The van der Waals surface area contributed by atoms with Crippen LogP contribution in [0.25, 0.3) is 5.82 Å². The topological polar surface area (TPSA) is 98.1 Å². The zero-order valence-corrected chi connectivity index (χ0v) is 23.9. The summed E-state index contributed by atoms with van der Waals surface area (Å²) in [4.78, 5) is 30.9. The fourth-order valence-electron chi connectivity index (χ4n) is 3.19. The van der Waals surface area contributed by atoms with Crippen molar-refractivity contribution < 1.29 is 14.3 Å². The molecule has 1 aromatic carbocycles. The van der Waals surface area contributed by atoms with Gasteiger partial charge in [0.2, 0.25) is 5.88 Å². The van der Waals surface area contributed by atoms with Crippen LogP contribution in [-0.4, -0.2) is 33.1 Å². The van der Waals surface area contributed by atoms with E-state index in [1.165, 1.54) is 34.3 Å². The summed E-state index contributed by atoms with van der Waals surface area (Å²) >= 11 is 17.5. The summed E-state index contributed by atoms with van der Waals surface area (Å²) < 4.78 is 7.53. The average molecular weight is 623 g/mol. The predicted molar refractivity (Wildman–Crippen MR) is 150 cm³/mol. The lowest BCUT2D eigenvalue weighted by Gasteiger charge is -2.20. The number of hydrogen-bond donors (Lipinski definition) is 2. The molecule has 0 saturated carbocycles. The number of thiophene rings is 1. The molecule has 0 spiro atoms. The van der Waals surface area contributed by atoms with E-state index in [4.69, 9.17) is 27.9 Å². The Morgan fingerprint density at radius 1 is 1.16 bits per heavy atom. The Hall–Kier alpha value is -2.92. The van der Waals surface area contributed by atoms with Crippen molar-refractivity contribution in [1.82, 2.24) is 20.1 Å². The van der Waals surface area contributed by atoms with Crippen molar-refractivity contribution in [2.24, 2.45) is 5.41 Å². The fraction of sp³-hybridized carbons (Fsp3) is 0.200. The maximum Gasteiger partial charge on any atom is 0.274 e. The molecule has 0 saturated heterocycles. The first-order valence-corrected chi connectivity index (χ1v) is 13.5. The van der Waals surface area contributed by atoms with E-state index in [-0.39, 0.29) is 45.0 Å². The lowest BCUT2D eigenvalue weighted by atomic mass is 9.97. The number of nitrogens with zero attached hydrogens (tertiary/aromatic N) is 3. The van der Waals surface area contributed by atoms with Crippen LogP contribution in [0.4, 0.5) is 5.69 Å². The van der Waals surface area contributed by atoms with E-state index in [2.05, 4.69) is 36.6 Å². The number of hydrogen-bond acceptors (Lipinski definition) is 6. The van der Waals surface area contributed by atoms with E-state index in [9.17, 15) is 9.59 Å². The van der Waals surface area contributed by atoms with Crippen LogP contribution in [-0.2, 0) is 0 Å². The highest BCUT2D eigenvalue weighted by atomic mass is 79.9. The lowest BCUT2D eigenvalue weighted by molar-refractivity contribution is 0.0940. The summed E-state index contributed by atoms with van der Waals surface area (Å²) in [5.41, 5.74) is 0.408. The van der Waals surface area contributed by atoms with Crippen molar-refractivity contribution in [3.8, 4) is 17.4 Å². The van der Waals surface area contributed by atoms with Gasteiger partial charge >= 0.3 is 0 Å². The van der Waals surface area contributed by atoms with Crippen LogP contribution in [0.1, 0.15) is 41.6 Å². The first kappa shape index (κ1) is 27.1. The van der Waals surface area contributed by atoms with E-state index >= 15 is 0 Å². The van der Waals surface area contributed by atoms with Gasteiger partial charge in [0.25, 0.3) is 11.8 Å². The molecule has 3 heterocycles. The second kappa shape index (κ2) is 11.2. The minimum atomic E-state index is -0.567. The molecule has 4 aromatic rings. The van der Waals surface area contributed by atoms with Crippen molar-refractivity contribution in [1.29, 1.82) is 0 Å². The van der Waals surface area contributed by atoms with Gasteiger partial charge in [-0.15, -0.1) is 16.4 Å². The summed E-state index contributed by atoms with van der Waals surface area (Å²) in [6, 6.07) is 9.66. The number of halogens is 3. The Morgan fingerprint density at radius 2 is 1.95 bits per heavy atom. The normalized spacial score (nSPS) is 11.3. The van der Waals surface area contributed by atoms with Crippen LogP contribution in [0, 0.1) is 5.41 Å². The molecule has 0 aliphatic rings. The monoisotopic (exact) mass is 621 g/mol. The highest BCUT2D eigenvalue weighted by molar-refractivity contribution is 9.10. The highest BCUT2D eigenvalue weighted by Crippen LogP contribution is 2.32. The molecule has 0 aliphatic carbocycles. The summed E-state index contributed by atoms with van der Waals surface area (Å²) in [6.45, 7) is 6.44. The van der Waals surface area contributed by atoms with Crippen molar-refractivity contribution in [2.75, 3.05) is 11.9 Å². The fourth-order valence-corrected chi connectivity index (χ4v) is 4.86. The van der Waals surface area contributed by atoms with Gasteiger partial charge in [-0.2, -0.15) is 0 Å². The van der Waals surface area contributed by atoms with Gasteiger partial charge in [-0.25, -0.2) is 9.67 Å². The standard InChI is InChI=1S/C25H22BrCl2N5O3S/c1-25(2,3)13-30-23(34)16-9-14(27)10-17(26)21(16)31-24(35)19-11-20(36-15-6-8-37-12-15)32-33(19)22-18(28)5-4-7-29-22/h4-12H,13H2,1-3H3,(H,30,34)(H,31,35). The number of anilines is 1. The molecular formula is C25H22BrCl2N5O3S. The number of nitrogens with one attached hydrogen (secondary N) is 2. The Morgan fingerprint density at radius 3 is 2.62 bits per heavy atom.